The Morgan fingerprint density at radius 2 is 1.91 bits per heavy atom. The van der Waals surface area contributed by atoms with Crippen LogP contribution in [0.3, 0.4) is 0 Å². The fourth-order valence-electron chi connectivity index (χ4n) is 3.79. The zero-order chi connectivity index (χ0) is 24.5. The minimum atomic E-state index is -4.50. The molecule has 2 aromatic carbocycles. The summed E-state index contributed by atoms with van der Waals surface area (Å²) in [6.07, 6.45) is -4.67. The molecule has 4 rings (SSSR count). The van der Waals surface area contributed by atoms with Gasteiger partial charge in [0.15, 0.2) is 5.82 Å². The number of carbonyl (C=O) groups excluding carboxylic acids is 2. The van der Waals surface area contributed by atoms with Crippen molar-refractivity contribution >= 4 is 23.4 Å². The van der Waals surface area contributed by atoms with Crippen LogP contribution in [-0.4, -0.2) is 57.4 Å². The van der Waals surface area contributed by atoms with Gasteiger partial charge >= 0.3 is 6.18 Å². The van der Waals surface area contributed by atoms with Crippen LogP contribution in [0, 0.1) is 0 Å². The normalized spacial score (nSPS) is 16.6. The Morgan fingerprint density at radius 3 is 2.62 bits per heavy atom. The topological polar surface area (TPSA) is 79.5 Å². The molecular formula is C23H20ClF3N4O3. The maximum atomic E-state index is 12.9. The van der Waals surface area contributed by atoms with Gasteiger partial charge in [0.05, 0.1) is 12.0 Å². The molecule has 0 bridgehead atoms. The Kier molecular flexibility index (Phi) is 6.60. The molecule has 2 heterocycles. The first-order valence-electron chi connectivity index (χ1n) is 10.5. The molecule has 0 radical (unpaired) electrons. The average Bonchev–Trinajstić information content (AvgIpc) is 3.26. The smallest absolute Gasteiger partial charge is 0.338 e. The highest BCUT2D eigenvalue weighted by molar-refractivity contribution is 6.30. The molecule has 178 valence electrons. The van der Waals surface area contributed by atoms with Crippen molar-refractivity contribution in [2.75, 3.05) is 19.6 Å². The van der Waals surface area contributed by atoms with Crippen LogP contribution in [0.25, 0.3) is 11.5 Å². The predicted octanol–water partition coefficient (Wildman–Crippen LogP) is 4.32. The largest absolute Gasteiger partial charge is 0.416 e. The second kappa shape index (κ2) is 9.46. The summed E-state index contributed by atoms with van der Waals surface area (Å²) in [6.45, 7) is 2.85. The highest BCUT2D eigenvalue weighted by Crippen LogP contribution is 2.31. The number of hydrogen-bond acceptors (Lipinski definition) is 5. The van der Waals surface area contributed by atoms with Crippen LogP contribution in [-0.2, 0) is 17.4 Å². The van der Waals surface area contributed by atoms with Crippen molar-refractivity contribution in [1.29, 1.82) is 0 Å². The molecule has 1 fully saturated rings. The van der Waals surface area contributed by atoms with Gasteiger partial charge in [-0.15, -0.1) is 0 Å². The first-order valence-corrected chi connectivity index (χ1v) is 10.8. The number of aromatic nitrogens is 2. The van der Waals surface area contributed by atoms with Crippen LogP contribution in [0.1, 0.15) is 28.7 Å². The SMILES string of the molecule is CC1CN(C(=O)Cc2noc(-c3cccc(C(F)(F)F)c3)n2)CCN1C(=O)c1cccc(Cl)c1. The zero-order valence-electron chi connectivity index (χ0n) is 18.1. The lowest BCUT2D eigenvalue weighted by Gasteiger charge is -2.39. The molecule has 34 heavy (non-hydrogen) atoms. The molecule has 2 amide bonds. The van der Waals surface area contributed by atoms with Crippen LogP contribution in [0.4, 0.5) is 13.2 Å². The third-order valence-electron chi connectivity index (χ3n) is 5.53. The third kappa shape index (κ3) is 5.22. The van der Waals surface area contributed by atoms with Crippen molar-refractivity contribution in [2.24, 2.45) is 0 Å². The van der Waals surface area contributed by atoms with E-state index in [1.807, 2.05) is 6.92 Å². The lowest BCUT2D eigenvalue weighted by molar-refractivity contribution is -0.137. The number of rotatable bonds is 4. The standard InChI is InChI=1S/C23H20ClF3N4O3/c1-14-13-30(8-9-31(14)22(33)16-5-3-7-18(24)11-16)20(32)12-19-28-21(34-29-19)15-4-2-6-17(10-15)23(25,26)27/h2-7,10-11,14H,8-9,12-13H2,1H3. The second-order valence-corrected chi connectivity index (χ2v) is 8.41. The first kappa shape index (κ1) is 23.7. The Morgan fingerprint density at radius 1 is 1.15 bits per heavy atom. The van der Waals surface area contributed by atoms with Crippen molar-refractivity contribution < 1.29 is 27.3 Å². The van der Waals surface area contributed by atoms with E-state index in [1.54, 1.807) is 34.1 Å². The van der Waals surface area contributed by atoms with E-state index < -0.39 is 11.7 Å². The molecule has 1 aromatic heterocycles. The van der Waals surface area contributed by atoms with E-state index in [0.29, 0.717) is 30.2 Å². The van der Waals surface area contributed by atoms with Crippen molar-refractivity contribution in [2.45, 2.75) is 25.6 Å². The number of benzene rings is 2. The van der Waals surface area contributed by atoms with Crippen molar-refractivity contribution in [3.05, 3.63) is 70.5 Å². The van der Waals surface area contributed by atoms with Gasteiger partial charge in [-0.2, -0.15) is 18.2 Å². The Labute approximate surface area is 198 Å². The molecule has 1 atom stereocenters. The number of piperazine rings is 1. The summed E-state index contributed by atoms with van der Waals surface area (Å²) in [6, 6.07) is 11.0. The van der Waals surface area contributed by atoms with Gasteiger partial charge in [0.1, 0.15) is 0 Å². The Bertz CT molecular complexity index is 1210. The number of carbonyl (C=O) groups is 2. The maximum Gasteiger partial charge on any atom is 0.416 e. The highest BCUT2D eigenvalue weighted by Gasteiger charge is 2.32. The Hall–Kier alpha value is -3.40. The van der Waals surface area contributed by atoms with Gasteiger partial charge in [-0.25, -0.2) is 0 Å². The van der Waals surface area contributed by atoms with E-state index in [0.717, 1.165) is 12.1 Å². The van der Waals surface area contributed by atoms with Crippen molar-refractivity contribution in [3.63, 3.8) is 0 Å². The average molecular weight is 493 g/mol. The minimum Gasteiger partial charge on any atom is -0.338 e. The maximum absolute atomic E-state index is 12.9. The predicted molar refractivity (Wildman–Crippen MR) is 117 cm³/mol. The fourth-order valence-corrected chi connectivity index (χ4v) is 3.98. The quantitative estimate of drug-likeness (QED) is 0.542. The van der Waals surface area contributed by atoms with Crippen LogP contribution < -0.4 is 0 Å². The van der Waals surface area contributed by atoms with Crippen LogP contribution in [0.15, 0.2) is 53.1 Å². The van der Waals surface area contributed by atoms with E-state index in [-0.39, 0.29) is 41.6 Å². The Balaban J connectivity index is 1.38. The number of alkyl halides is 3. The molecule has 0 N–H and O–H groups in total. The molecule has 1 saturated heterocycles. The molecule has 11 heteroatoms. The lowest BCUT2D eigenvalue weighted by atomic mass is 10.1. The molecule has 0 spiro atoms. The van der Waals surface area contributed by atoms with Crippen molar-refractivity contribution in [3.8, 4) is 11.5 Å². The summed E-state index contributed by atoms with van der Waals surface area (Å²) in [7, 11) is 0. The van der Waals surface area contributed by atoms with Gasteiger partial charge < -0.3 is 14.3 Å². The molecule has 0 aliphatic carbocycles. The summed E-state index contributed by atoms with van der Waals surface area (Å²) in [5.74, 6) is -0.453. The summed E-state index contributed by atoms with van der Waals surface area (Å²) in [5.41, 5.74) is -0.240. The number of hydrogen-bond donors (Lipinski definition) is 0. The third-order valence-corrected chi connectivity index (χ3v) is 5.76. The van der Waals surface area contributed by atoms with Gasteiger partial charge in [0.25, 0.3) is 11.8 Å². The van der Waals surface area contributed by atoms with Crippen LogP contribution in [0.2, 0.25) is 5.02 Å². The van der Waals surface area contributed by atoms with E-state index in [1.165, 1.54) is 12.1 Å². The molecule has 3 aromatic rings. The summed E-state index contributed by atoms with van der Waals surface area (Å²) < 4.78 is 43.9. The number of nitrogens with zero attached hydrogens (tertiary/aromatic N) is 4. The minimum absolute atomic E-state index is 0.0718. The molecule has 7 nitrogen and oxygen atoms in total. The van der Waals surface area contributed by atoms with Gasteiger partial charge in [-0.3, -0.25) is 9.59 Å². The highest BCUT2D eigenvalue weighted by atomic mass is 35.5. The summed E-state index contributed by atoms with van der Waals surface area (Å²) >= 11 is 5.98. The van der Waals surface area contributed by atoms with Crippen LogP contribution >= 0.6 is 11.6 Å². The van der Waals surface area contributed by atoms with E-state index in [2.05, 4.69) is 10.1 Å². The molecule has 1 unspecified atom stereocenters. The molecular weight excluding hydrogens is 473 g/mol. The van der Waals surface area contributed by atoms with Gasteiger partial charge in [-0.1, -0.05) is 28.9 Å². The van der Waals surface area contributed by atoms with E-state index >= 15 is 0 Å². The second-order valence-electron chi connectivity index (χ2n) is 7.97. The monoisotopic (exact) mass is 492 g/mol. The van der Waals surface area contributed by atoms with Gasteiger partial charge in [-0.05, 0) is 43.3 Å². The lowest BCUT2D eigenvalue weighted by Crippen LogP contribution is -2.55. The van der Waals surface area contributed by atoms with E-state index in [9.17, 15) is 22.8 Å². The fraction of sp³-hybridized carbons (Fsp3) is 0.304. The van der Waals surface area contributed by atoms with E-state index in [4.69, 9.17) is 16.1 Å². The molecule has 0 saturated carbocycles. The summed E-state index contributed by atoms with van der Waals surface area (Å²) in [5, 5.41) is 4.21. The zero-order valence-corrected chi connectivity index (χ0v) is 18.8. The molecule has 1 aliphatic rings. The van der Waals surface area contributed by atoms with Crippen molar-refractivity contribution in [1.82, 2.24) is 19.9 Å². The summed E-state index contributed by atoms with van der Waals surface area (Å²) in [4.78, 5) is 33.0. The molecule has 1 aliphatic heterocycles. The number of halogens is 4. The number of amides is 2. The first-order chi connectivity index (χ1) is 16.1. The van der Waals surface area contributed by atoms with Gasteiger partial charge in [0, 0.05) is 41.8 Å². The van der Waals surface area contributed by atoms with Crippen LogP contribution in [0.5, 0.6) is 0 Å². The van der Waals surface area contributed by atoms with Gasteiger partial charge in [0.2, 0.25) is 5.91 Å².